The molecule has 2 N–H and O–H groups in total. The first kappa shape index (κ1) is 19.8. The molecule has 0 aromatic heterocycles. The minimum Gasteiger partial charge on any atom is -0.331 e. The van der Waals surface area contributed by atoms with Crippen LogP contribution in [0.2, 0.25) is 0 Å². The minimum atomic E-state index is 0.204. The van der Waals surface area contributed by atoms with Crippen LogP contribution < -0.4 is 5.73 Å². The van der Waals surface area contributed by atoms with Gasteiger partial charge in [-0.05, 0) is 19.4 Å². The molecule has 0 saturated heterocycles. The highest BCUT2D eigenvalue weighted by atomic mass is 16.1. The van der Waals surface area contributed by atoms with E-state index in [0.717, 1.165) is 19.4 Å². The van der Waals surface area contributed by atoms with Gasteiger partial charge in [0.2, 0.25) is 0 Å². The van der Waals surface area contributed by atoms with Crippen LogP contribution in [0.1, 0.15) is 41.5 Å². The highest BCUT2D eigenvalue weighted by molar-refractivity contribution is 5.59. The monoisotopic (exact) mass is 216 g/mol. The van der Waals surface area contributed by atoms with Crippen molar-refractivity contribution >= 4 is 12.5 Å². The molecule has 0 rings (SSSR count). The Hall–Kier alpha value is -0.700. The molecule has 0 aliphatic carbocycles. The SMILES string of the molecule is CC(C)C=O.CCN.CCN=CC(C)C. The van der Waals surface area contributed by atoms with Crippen LogP contribution in [0.5, 0.6) is 0 Å². The average Bonchev–Trinajstić information content (AvgIpc) is 2.16. The van der Waals surface area contributed by atoms with Crippen molar-refractivity contribution in [2.45, 2.75) is 41.5 Å². The number of nitrogens with two attached hydrogens (primary N) is 1. The molecule has 0 saturated carbocycles. The summed E-state index contributed by atoms with van der Waals surface area (Å²) in [6.07, 6.45) is 2.89. The quantitative estimate of drug-likeness (QED) is 0.582. The van der Waals surface area contributed by atoms with E-state index in [0.29, 0.717) is 5.92 Å². The fraction of sp³-hybridized carbons (Fsp3) is 0.833. The van der Waals surface area contributed by atoms with Gasteiger partial charge in [-0.2, -0.15) is 0 Å². The second kappa shape index (κ2) is 19.0. The van der Waals surface area contributed by atoms with Crippen molar-refractivity contribution < 1.29 is 4.79 Å². The second-order valence-corrected chi connectivity index (χ2v) is 3.68. The molecule has 0 aromatic rings. The maximum absolute atomic E-state index is 9.50. The van der Waals surface area contributed by atoms with Crippen LogP contribution in [0.3, 0.4) is 0 Å². The molecule has 0 aromatic carbocycles. The summed E-state index contributed by atoms with van der Waals surface area (Å²) in [5.41, 5.74) is 4.85. The Morgan fingerprint density at radius 1 is 1.13 bits per heavy atom. The first-order chi connectivity index (χ1) is 6.95. The van der Waals surface area contributed by atoms with Crippen molar-refractivity contribution in [1.29, 1.82) is 0 Å². The highest BCUT2D eigenvalue weighted by Crippen LogP contribution is 1.83. The predicted octanol–water partition coefficient (Wildman–Crippen LogP) is 2.54. The lowest BCUT2D eigenvalue weighted by Gasteiger charge is -1.88. The molecule has 0 aliphatic heterocycles. The Labute approximate surface area is 95.2 Å². The number of nitrogens with zero attached hydrogens (tertiary/aromatic N) is 1. The van der Waals surface area contributed by atoms with Crippen molar-refractivity contribution in [3.05, 3.63) is 0 Å². The van der Waals surface area contributed by atoms with Gasteiger partial charge in [-0.3, -0.25) is 4.99 Å². The zero-order valence-electron chi connectivity index (χ0n) is 11.2. The summed E-state index contributed by atoms with van der Waals surface area (Å²) >= 11 is 0. The summed E-state index contributed by atoms with van der Waals surface area (Å²) < 4.78 is 0. The van der Waals surface area contributed by atoms with Crippen LogP contribution in [0, 0.1) is 11.8 Å². The van der Waals surface area contributed by atoms with Crippen LogP contribution >= 0.6 is 0 Å². The number of hydrogen-bond acceptors (Lipinski definition) is 3. The molecule has 0 amide bonds. The maximum atomic E-state index is 9.50. The highest BCUT2D eigenvalue weighted by Gasteiger charge is 1.80. The van der Waals surface area contributed by atoms with Crippen LogP contribution in [0.4, 0.5) is 0 Å². The lowest BCUT2D eigenvalue weighted by molar-refractivity contribution is -0.110. The standard InChI is InChI=1S/C6H13N.C4H8O.C2H7N/c1-4-7-5-6(2)3;1-4(2)3-5;1-2-3/h5-6H,4H2,1-3H3;3-4H,1-2H3;2-3H2,1H3. The maximum Gasteiger partial charge on any atom is 0.122 e. The van der Waals surface area contributed by atoms with Crippen molar-refractivity contribution in [2.24, 2.45) is 22.6 Å². The van der Waals surface area contributed by atoms with Crippen molar-refractivity contribution in [1.82, 2.24) is 0 Å². The Morgan fingerprint density at radius 3 is 1.53 bits per heavy atom. The molecular weight excluding hydrogens is 188 g/mol. The number of carbonyl (C=O) groups is 1. The first-order valence-electron chi connectivity index (χ1n) is 5.61. The van der Waals surface area contributed by atoms with E-state index in [1.807, 2.05) is 33.9 Å². The fourth-order valence-corrected chi connectivity index (χ4v) is 0.316. The fourth-order valence-electron chi connectivity index (χ4n) is 0.316. The molecule has 3 heteroatoms. The van der Waals surface area contributed by atoms with Gasteiger partial charge in [0, 0.05) is 18.7 Å². The molecule has 0 fully saturated rings. The number of carbonyl (C=O) groups excluding carboxylic acids is 1. The molecule has 0 spiro atoms. The number of aldehydes is 1. The summed E-state index contributed by atoms with van der Waals surface area (Å²) in [7, 11) is 0. The molecule has 0 radical (unpaired) electrons. The molecule has 0 unspecified atom stereocenters. The third-order valence-corrected chi connectivity index (χ3v) is 0.858. The normalized spacial score (nSPS) is 9.40. The van der Waals surface area contributed by atoms with Crippen molar-refractivity contribution in [3.8, 4) is 0 Å². The van der Waals surface area contributed by atoms with Crippen LogP contribution in [0.15, 0.2) is 4.99 Å². The number of hydrogen-bond donors (Lipinski definition) is 1. The van der Waals surface area contributed by atoms with E-state index in [4.69, 9.17) is 5.73 Å². The van der Waals surface area contributed by atoms with E-state index in [1.165, 1.54) is 0 Å². The Balaban J connectivity index is -0.000000158. The summed E-state index contributed by atoms with van der Waals surface area (Å²) in [5, 5.41) is 0. The minimum absolute atomic E-state index is 0.204. The zero-order valence-corrected chi connectivity index (χ0v) is 11.2. The van der Waals surface area contributed by atoms with Gasteiger partial charge in [-0.1, -0.05) is 34.6 Å². The smallest absolute Gasteiger partial charge is 0.122 e. The lowest BCUT2D eigenvalue weighted by atomic mass is 10.2. The summed E-state index contributed by atoms with van der Waals surface area (Å²) in [6.45, 7) is 13.6. The second-order valence-electron chi connectivity index (χ2n) is 3.68. The predicted molar refractivity (Wildman–Crippen MR) is 69.5 cm³/mol. The third-order valence-electron chi connectivity index (χ3n) is 0.858. The van der Waals surface area contributed by atoms with E-state index in [1.54, 1.807) is 0 Å². The van der Waals surface area contributed by atoms with E-state index < -0.39 is 0 Å². The largest absolute Gasteiger partial charge is 0.331 e. The lowest BCUT2D eigenvalue weighted by Crippen LogP contribution is -1.87. The van der Waals surface area contributed by atoms with E-state index in [2.05, 4.69) is 18.8 Å². The molecule has 92 valence electrons. The van der Waals surface area contributed by atoms with Crippen LogP contribution in [0.25, 0.3) is 0 Å². The Morgan fingerprint density at radius 2 is 1.47 bits per heavy atom. The zero-order chi connectivity index (χ0) is 12.7. The molecule has 0 bridgehead atoms. The third kappa shape index (κ3) is 60.5. The summed E-state index contributed by atoms with van der Waals surface area (Å²) in [6, 6.07) is 0. The molecular formula is C12H28N2O. The van der Waals surface area contributed by atoms with Gasteiger partial charge in [0.1, 0.15) is 6.29 Å². The van der Waals surface area contributed by atoms with Crippen molar-refractivity contribution in [3.63, 3.8) is 0 Å². The van der Waals surface area contributed by atoms with Gasteiger partial charge in [0.25, 0.3) is 0 Å². The molecule has 0 atom stereocenters. The Kier molecular flexibility index (Phi) is 25.0. The van der Waals surface area contributed by atoms with Gasteiger partial charge in [0.05, 0.1) is 0 Å². The van der Waals surface area contributed by atoms with Gasteiger partial charge in [-0.25, -0.2) is 0 Å². The summed E-state index contributed by atoms with van der Waals surface area (Å²) in [5.74, 6) is 0.815. The van der Waals surface area contributed by atoms with Crippen LogP contribution in [-0.4, -0.2) is 25.6 Å². The van der Waals surface area contributed by atoms with Crippen molar-refractivity contribution in [2.75, 3.05) is 13.1 Å². The molecule has 0 aliphatic rings. The van der Waals surface area contributed by atoms with Gasteiger partial charge >= 0.3 is 0 Å². The van der Waals surface area contributed by atoms with E-state index in [-0.39, 0.29) is 5.92 Å². The van der Waals surface area contributed by atoms with Gasteiger partial charge < -0.3 is 10.5 Å². The van der Waals surface area contributed by atoms with Gasteiger partial charge in [0.15, 0.2) is 0 Å². The average molecular weight is 216 g/mol. The number of aliphatic imine (C=N–C) groups is 1. The number of rotatable bonds is 3. The first-order valence-corrected chi connectivity index (χ1v) is 5.61. The Bertz CT molecular complexity index is 132. The molecule has 0 heterocycles. The van der Waals surface area contributed by atoms with E-state index >= 15 is 0 Å². The van der Waals surface area contributed by atoms with Crippen LogP contribution in [-0.2, 0) is 4.79 Å². The molecule has 15 heavy (non-hydrogen) atoms. The summed E-state index contributed by atoms with van der Waals surface area (Å²) in [4.78, 5) is 13.6. The van der Waals surface area contributed by atoms with E-state index in [9.17, 15) is 4.79 Å². The molecule has 3 nitrogen and oxygen atoms in total. The topological polar surface area (TPSA) is 55.5 Å². The van der Waals surface area contributed by atoms with Gasteiger partial charge in [-0.15, -0.1) is 0 Å².